The minimum atomic E-state index is -4.31. The summed E-state index contributed by atoms with van der Waals surface area (Å²) in [7, 11) is -4.31. The van der Waals surface area contributed by atoms with Gasteiger partial charge in [-0.15, -0.1) is 0 Å². The number of para-hydroxylation sites is 1. The Balaban J connectivity index is 1.05. The highest BCUT2D eigenvalue weighted by Crippen LogP contribution is 2.43. The van der Waals surface area contributed by atoms with Crippen molar-refractivity contribution in [2.45, 2.75) is 65.7 Å². The van der Waals surface area contributed by atoms with Crippen molar-refractivity contribution in [3.63, 3.8) is 0 Å². The molecule has 0 aliphatic rings. The number of unbranched alkanes of at least 4 members (excludes halogenated alkanes) is 1. The second-order valence-corrected chi connectivity index (χ2v) is 15.7. The maximum atomic E-state index is 12.5. The zero-order valence-corrected chi connectivity index (χ0v) is 38.5. The lowest BCUT2D eigenvalue weighted by atomic mass is 10.2. The molecule has 0 aliphatic heterocycles. The van der Waals surface area contributed by atoms with Crippen molar-refractivity contribution in [2.24, 2.45) is 0 Å². The van der Waals surface area contributed by atoms with Crippen LogP contribution in [0.25, 0.3) is 21.9 Å². The third-order valence-corrected chi connectivity index (χ3v) is 9.74. The first-order valence-corrected chi connectivity index (χ1v) is 23.2. The van der Waals surface area contributed by atoms with Crippen LogP contribution < -0.4 is 5.73 Å². The standard InChI is InChI=1S/C42H71N4O16P/c1-5-6-11-39-45-40-41(37-9-7-8-10-38(37)44-42(40)43)46(39)12-13-60-63(48,49)61-31-30-57-27-26-55-23-22-53-19-18-51-15-14-50-16-17-52-20-21-54-24-25-56-28-29-58-32-36(62-35(4)47)33-59-34(2)3/h7-10,34,36H,5-6,11-33H2,1-4H3,(H2,43,44)(H,48,49)/t36-/m0/s1. The number of ether oxygens (including phenoxy) is 11. The molecule has 3 aromatic rings. The average Bonchev–Trinajstić information content (AvgIpc) is 3.62. The van der Waals surface area contributed by atoms with E-state index in [9.17, 15) is 14.3 Å². The van der Waals surface area contributed by atoms with E-state index in [2.05, 4.69) is 11.9 Å². The summed E-state index contributed by atoms with van der Waals surface area (Å²) in [6.07, 6.45) is 2.24. The average molecular weight is 919 g/mol. The maximum absolute atomic E-state index is 12.5. The Labute approximate surface area is 371 Å². The van der Waals surface area contributed by atoms with E-state index in [0.717, 1.165) is 41.5 Å². The number of nitrogens with two attached hydrogens (primary N) is 1. The van der Waals surface area contributed by atoms with Gasteiger partial charge in [0.25, 0.3) is 0 Å². The smallest absolute Gasteiger partial charge is 0.458 e. The van der Waals surface area contributed by atoms with Gasteiger partial charge < -0.3 is 67.3 Å². The van der Waals surface area contributed by atoms with Gasteiger partial charge in [0.1, 0.15) is 17.4 Å². The molecule has 360 valence electrons. The van der Waals surface area contributed by atoms with Crippen molar-refractivity contribution < 1.29 is 75.4 Å². The zero-order valence-electron chi connectivity index (χ0n) is 37.6. The van der Waals surface area contributed by atoms with Crippen molar-refractivity contribution in [1.82, 2.24) is 14.5 Å². The number of pyridine rings is 1. The molecule has 1 aromatic carbocycles. The molecule has 2 atom stereocenters. The summed E-state index contributed by atoms with van der Waals surface area (Å²) in [5.41, 5.74) is 8.44. The van der Waals surface area contributed by atoms with Gasteiger partial charge in [0.2, 0.25) is 0 Å². The lowest BCUT2D eigenvalue weighted by Gasteiger charge is -2.18. The van der Waals surface area contributed by atoms with Crippen molar-refractivity contribution in [3.05, 3.63) is 30.1 Å². The predicted molar refractivity (Wildman–Crippen MR) is 234 cm³/mol. The number of aromatic nitrogens is 3. The summed E-state index contributed by atoms with van der Waals surface area (Å²) in [4.78, 5) is 30.7. The molecular formula is C42H71N4O16P. The molecule has 2 heterocycles. The Bertz CT molecular complexity index is 1700. The molecule has 0 aliphatic carbocycles. The SMILES string of the molecule is CCCCc1nc2c(N)nc3ccccc3c2n1CCOP(=O)(O)OCCOCCOCCOCCOCCOCCOCCOCCOCCOC[C@@H](COC(C)C)OC(C)=O. The number of hydrogen-bond donors (Lipinski definition) is 2. The first-order chi connectivity index (χ1) is 30.6. The lowest BCUT2D eigenvalue weighted by Crippen LogP contribution is -2.29. The molecule has 0 fully saturated rings. The Hall–Kier alpha value is -2.92. The van der Waals surface area contributed by atoms with Gasteiger partial charge in [0.15, 0.2) is 5.82 Å². The normalized spacial score (nSPS) is 13.4. The quantitative estimate of drug-likeness (QED) is 0.0463. The van der Waals surface area contributed by atoms with Crippen LogP contribution in [0.3, 0.4) is 0 Å². The Morgan fingerprint density at radius 3 is 1.67 bits per heavy atom. The van der Waals surface area contributed by atoms with Crippen LogP contribution in [0, 0.1) is 0 Å². The number of nitrogen functional groups attached to an aromatic ring is 1. The van der Waals surface area contributed by atoms with E-state index in [1.165, 1.54) is 6.92 Å². The largest absolute Gasteiger partial charge is 0.472 e. The second-order valence-electron chi connectivity index (χ2n) is 14.2. The van der Waals surface area contributed by atoms with Crippen LogP contribution >= 0.6 is 7.82 Å². The van der Waals surface area contributed by atoms with Gasteiger partial charge in [-0.05, 0) is 26.3 Å². The van der Waals surface area contributed by atoms with Crippen molar-refractivity contribution in [1.29, 1.82) is 0 Å². The number of imidazole rings is 1. The number of phosphoric acid groups is 1. The van der Waals surface area contributed by atoms with Gasteiger partial charge in [-0.1, -0.05) is 31.5 Å². The number of carbonyl (C=O) groups is 1. The summed E-state index contributed by atoms with van der Waals surface area (Å²) in [6.45, 7) is 14.6. The van der Waals surface area contributed by atoms with E-state index in [4.69, 9.17) is 71.9 Å². The van der Waals surface area contributed by atoms with Crippen LogP contribution in [0.1, 0.15) is 46.4 Å². The molecule has 63 heavy (non-hydrogen) atoms. The molecular weight excluding hydrogens is 847 g/mol. The molecule has 3 rings (SSSR count). The molecule has 0 saturated carbocycles. The Morgan fingerprint density at radius 2 is 1.17 bits per heavy atom. The van der Waals surface area contributed by atoms with E-state index < -0.39 is 13.9 Å². The fraction of sp³-hybridized carbons (Fsp3) is 0.738. The van der Waals surface area contributed by atoms with Gasteiger partial charge in [-0.3, -0.25) is 13.8 Å². The maximum Gasteiger partial charge on any atom is 0.472 e. The van der Waals surface area contributed by atoms with Gasteiger partial charge in [0, 0.05) is 25.3 Å². The first kappa shape index (κ1) is 54.4. The molecule has 1 unspecified atom stereocenters. The monoisotopic (exact) mass is 918 g/mol. The number of rotatable bonds is 41. The number of fused-ring (bicyclic) bond motifs is 3. The molecule has 0 saturated heterocycles. The van der Waals surface area contributed by atoms with E-state index in [1.54, 1.807) is 0 Å². The lowest BCUT2D eigenvalue weighted by molar-refractivity contribution is -0.155. The predicted octanol–water partition coefficient (Wildman–Crippen LogP) is 4.15. The third-order valence-electron chi connectivity index (χ3n) is 8.72. The minimum absolute atomic E-state index is 0.0413. The summed E-state index contributed by atoms with van der Waals surface area (Å²) in [5.74, 6) is 0.790. The number of phosphoric ester groups is 1. The van der Waals surface area contributed by atoms with Crippen LogP contribution in [0.5, 0.6) is 0 Å². The highest BCUT2D eigenvalue weighted by atomic mass is 31.2. The van der Waals surface area contributed by atoms with E-state index in [1.807, 2.05) is 42.7 Å². The highest BCUT2D eigenvalue weighted by Gasteiger charge is 2.22. The van der Waals surface area contributed by atoms with Gasteiger partial charge in [-0.25, -0.2) is 14.5 Å². The van der Waals surface area contributed by atoms with Crippen molar-refractivity contribution >= 4 is 41.5 Å². The summed E-state index contributed by atoms with van der Waals surface area (Å²) in [6, 6.07) is 7.68. The molecule has 0 radical (unpaired) electrons. The molecule has 21 heteroatoms. The minimum Gasteiger partial charge on any atom is -0.458 e. The molecule has 20 nitrogen and oxygen atoms in total. The number of aryl methyl sites for hydroxylation is 1. The number of anilines is 1. The van der Waals surface area contributed by atoms with E-state index >= 15 is 0 Å². The fourth-order valence-corrected chi connectivity index (χ4v) is 6.48. The van der Waals surface area contributed by atoms with Gasteiger partial charge >= 0.3 is 13.8 Å². The summed E-state index contributed by atoms with van der Waals surface area (Å²) < 4.78 is 85.0. The number of nitrogens with zero attached hydrogens (tertiary/aromatic N) is 3. The number of esters is 1. The third kappa shape index (κ3) is 24.3. The molecule has 3 N–H and O–H groups in total. The van der Waals surface area contributed by atoms with E-state index in [-0.39, 0.29) is 58.3 Å². The van der Waals surface area contributed by atoms with Gasteiger partial charge in [0.05, 0.1) is 156 Å². The topological polar surface area (TPSA) is 231 Å². The number of hydrogen-bond acceptors (Lipinski definition) is 18. The summed E-state index contributed by atoms with van der Waals surface area (Å²) >= 11 is 0. The second kappa shape index (κ2) is 33.5. The summed E-state index contributed by atoms with van der Waals surface area (Å²) in [5, 5.41) is 0.898. The molecule has 2 aromatic heterocycles. The van der Waals surface area contributed by atoms with Crippen LogP contribution in [0.2, 0.25) is 0 Å². The Kier molecular flexibility index (Phi) is 29.0. The van der Waals surface area contributed by atoms with Crippen molar-refractivity contribution in [3.8, 4) is 0 Å². The Morgan fingerprint density at radius 1 is 0.698 bits per heavy atom. The van der Waals surface area contributed by atoms with Crippen molar-refractivity contribution in [2.75, 3.05) is 144 Å². The number of benzene rings is 1. The molecule has 0 amide bonds. The number of carbonyl (C=O) groups excluding carboxylic acids is 1. The fourth-order valence-electron chi connectivity index (χ4n) is 5.79. The van der Waals surface area contributed by atoms with Crippen LogP contribution in [0.4, 0.5) is 5.82 Å². The highest BCUT2D eigenvalue weighted by molar-refractivity contribution is 7.47. The zero-order chi connectivity index (χ0) is 45.4. The van der Waals surface area contributed by atoms with Crippen LogP contribution in [-0.4, -0.2) is 176 Å². The molecule has 0 spiro atoms. The van der Waals surface area contributed by atoms with Crippen LogP contribution in [0.15, 0.2) is 24.3 Å². The van der Waals surface area contributed by atoms with E-state index in [0.29, 0.717) is 110 Å². The first-order valence-electron chi connectivity index (χ1n) is 21.7. The molecule has 0 bridgehead atoms. The van der Waals surface area contributed by atoms with Crippen LogP contribution in [-0.2, 0) is 83.5 Å². The van der Waals surface area contributed by atoms with Gasteiger partial charge in [-0.2, -0.15) is 0 Å².